The summed E-state index contributed by atoms with van der Waals surface area (Å²) in [5.74, 6) is 3.18. The summed E-state index contributed by atoms with van der Waals surface area (Å²) in [5, 5.41) is 18.8. The third kappa shape index (κ3) is 11.5. The van der Waals surface area contributed by atoms with Crippen LogP contribution in [0.15, 0.2) is 103 Å². The number of methoxy groups -OCH3 is 2. The molecule has 0 amide bonds. The fourth-order valence-corrected chi connectivity index (χ4v) is 14.8. The van der Waals surface area contributed by atoms with Crippen LogP contribution in [-0.4, -0.2) is 130 Å². The van der Waals surface area contributed by atoms with Crippen molar-refractivity contribution in [1.82, 2.24) is 29.5 Å². The molecule has 416 valence electrons. The van der Waals surface area contributed by atoms with E-state index in [0.29, 0.717) is 51.4 Å². The van der Waals surface area contributed by atoms with Gasteiger partial charge in [0.1, 0.15) is 36.6 Å². The largest absolute Gasteiger partial charge is 0.494 e. The van der Waals surface area contributed by atoms with Crippen molar-refractivity contribution in [3.63, 3.8) is 0 Å². The summed E-state index contributed by atoms with van der Waals surface area (Å²) in [6.07, 6.45) is 12.9. The van der Waals surface area contributed by atoms with Gasteiger partial charge in [0.2, 0.25) is 11.9 Å². The first-order valence-electron chi connectivity index (χ1n) is 27.5. The lowest BCUT2D eigenvalue weighted by molar-refractivity contribution is 0.0597. The van der Waals surface area contributed by atoms with Crippen LogP contribution < -0.4 is 56.2 Å². The average molecular weight is 1130 g/mol. The number of halogens is 1. The van der Waals surface area contributed by atoms with Crippen molar-refractivity contribution >= 4 is 105 Å². The maximum Gasteiger partial charge on any atom is 0.231 e. The Morgan fingerprint density at radius 3 is 1.65 bits per heavy atom. The van der Waals surface area contributed by atoms with Crippen LogP contribution in [0.1, 0.15) is 51.4 Å². The molecule has 0 unspecified atom stereocenters. The minimum atomic E-state index is -2.64. The van der Waals surface area contributed by atoms with Gasteiger partial charge in [-0.2, -0.15) is 15.0 Å². The molecule has 4 aromatic carbocycles. The van der Waals surface area contributed by atoms with Crippen molar-refractivity contribution in [1.29, 1.82) is 0 Å². The van der Waals surface area contributed by atoms with Crippen LogP contribution >= 0.6 is 25.9 Å². The van der Waals surface area contributed by atoms with Crippen LogP contribution in [0.5, 0.6) is 11.5 Å². The van der Waals surface area contributed by atoms with E-state index in [1.165, 1.54) is 38.8 Å². The van der Waals surface area contributed by atoms with Crippen molar-refractivity contribution in [2.75, 3.05) is 130 Å². The molecule has 1 aliphatic carbocycles. The Balaban J connectivity index is 0.775. The highest BCUT2D eigenvalue weighted by Crippen LogP contribution is 2.52. The molecular formula is C59H74ClN13O4P2. The summed E-state index contributed by atoms with van der Waals surface area (Å²) in [4.78, 5) is 26.9. The molecule has 11 rings (SSSR count). The first-order valence-corrected chi connectivity index (χ1v) is 33.0. The second-order valence-electron chi connectivity index (χ2n) is 23.1. The SMILES string of the molecule is COc1cc(N2CCC3(CC2)CC(N(C)n2ccc4c(Nc5ccccc5P(C)(C)=O)nc(Nc5ccc(N6CCC7(CCN(C)CC7)CC6)cc5OC)nc42)C3)ccc1Nc1ncc(Cl)c(Nc2ccccc2P(C)(C)=O)n1. The van der Waals surface area contributed by atoms with E-state index in [-0.39, 0.29) is 5.41 Å². The van der Waals surface area contributed by atoms with Crippen LogP contribution in [-0.2, 0) is 9.13 Å². The lowest BCUT2D eigenvalue weighted by atomic mass is 9.60. The number of piperidine rings is 3. The summed E-state index contributed by atoms with van der Waals surface area (Å²) < 4.78 is 40.7. The highest BCUT2D eigenvalue weighted by molar-refractivity contribution is 7.70. The number of benzene rings is 4. The lowest BCUT2D eigenvalue weighted by Crippen LogP contribution is -2.56. The predicted octanol–water partition coefficient (Wildman–Crippen LogP) is 11.7. The number of hydrogen-bond donors (Lipinski definition) is 4. The van der Waals surface area contributed by atoms with Gasteiger partial charge in [-0.15, -0.1) is 0 Å². The molecule has 0 radical (unpaired) electrons. The van der Waals surface area contributed by atoms with Crippen LogP contribution in [0.3, 0.4) is 0 Å². The highest BCUT2D eigenvalue weighted by Gasteiger charge is 2.48. The minimum Gasteiger partial charge on any atom is -0.494 e. The van der Waals surface area contributed by atoms with Crippen molar-refractivity contribution in [2.45, 2.75) is 57.4 Å². The van der Waals surface area contributed by atoms with Crippen molar-refractivity contribution < 1.29 is 18.6 Å². The second kappa shape index (κ2) is 21.9. The average Bonchev–Trinajstić information content (AvgIpc) is 4.02. The Labute approximate surface area is 469 Å². The molecule has 3 saturated heterocycles. The number of rotatable bonds is 16. The number of ether oxygens (including phenoxy) is 2. The molecule has 7 aromatic rings. The second-order valence-corrected chi connectivity index (χ2v) is 29.9. The van der Waals surface area contributed by atoms with Gasteiger partial charge in [-0.25, -0.2) is 9.66 Å². The zero-order valence-electron chi connectivity index (χ0n) is 46.7. The van der Waals surface area contributed by atoms with E-state index in [9.17, 15) is 9.13 Å². The number of para-hydroxylation sites is 2. The molecule has 1 saturated carbocycles. The fraction of sp³-hybridized carbons (Fsp3) is 0.424. The van der Waals surface area contributed by atoms with Gasteiger partial charge in [0, 0.05) is 79.6 Å². The van der Waals surface area contributed by atoms with Gasteiger partial charge in [0.05, 0.1) is 48.6 Å². The minimum absolute atomic E-state index is 0.241. The normalized spacial score (nSPS) is 17.6. The Bertz CT molecular complexity index is 3460. The van der Waals surface area contributed by atoms with Gasteiger partial charge in [-0.3, -0.25) is 0 Å². The molecule has 4 aliphatic rings. The first kappa shape index (κ1) is 54.4. The van der Waals surface area contributed by atoms with Gasteiger partial charge < -0.3 is 59.6 Å². The first-order chi connectivity index (χ1) is 37.9. The molecule has 2 spiro atoms. The van der Waals surface area contributed by atoms with Crippen molar-refractivity contribution in [2.24, 2.45) is 10.8 Å². The topological polar surface area (TPSA) is 170 Å². The maximum absolute atomic E-state index is 13.6. The smallest absolute Gasteiger partial charge is 0.231 e. The molecule has 20 heteroatoms. The standard InChI is InChI=1S/C59H74ClN13O4P2/c1-69-29-22-58(23-30-69)24-31-71(32-25-58)40-18-20-46(50(36-40)77-4)65-57-66-53(62-47-13-9-11-15-51(47)78(5,6)74)43-21-28-73(55(43)68-57)70(2)42-37-59(38-42)26-33-72(34-27-59)41-17-19-45(49(35-41)76-3)64-56-61-39-44(60)54(67-56)63-48-14-10-12-16-52(48)79(7,8)75/h9-21,28,35-36,39,42H,22-27,29-34,37-38H2,1-8H3,(H2,61,63,64,67)(H2,62,65,66,68). The summed E-state index contributed by atoms with van der Waals surface area (Å²) in [5.41, 5.74) is 6.66. The number of likely N-dealkylation sites (tertiary alicyclic amines) is 1. The Morgan fingerprint density at radius 1 is 0.608 bits per heavy atom. The van der Waals surface area contributed by atoms with Crippen LogP contribution in [0, 0.1) is 10.8 Å². The van der Waals surface area contributed by atoms with Gasteiger partial charge >= 0.3 is 0 Å². The molecule has 4 N–H and O–H groups in total. The molecule has 6 heterocycles. The van der Waals surface area contributed by atoms with Gasteiger partial charge in [-0.1, -0.05) is 35.9 Å². The van der Waals surface area contributed by atoms with E-state index < -0.39 is 14.3 Å². The zero-order valence-corrected chi connectivity index (χ0v) is 49.3. The fourth-order valence-electron chi connectivity index (χ4n) is 12.3. The van der Waals surface area contributed by atoms with E-state index >= 15 is 0 Å². The molecule has 3 aromatic heterocycles. The van der Waals surface area contributed by atoms with Gasteiger partial charge in [-0.05, 0) is 164 Å². The predicted molar refractivity (Wildman–Crippen MR) is 326 cm³/mol. The number of fused-ring (bicyclic) bond motifs is 1. The molecule has 79 heavy (non-hydrogen) atoms. The number of hydrogen-bond acceptors (Lipinski definition) is 16. The molecule has 3 aliphatic heterocycles. The van der Waals surface area contributed by atoms with Crippen molar-refractivity contribution in [3.8, 4) is 11.5 Å². The van der Waals surface area contributed by atoms with Crippen LogP contribution in [0.25, 0.3) is 11.0 Å². The Hall–Kier alpha value is -6.51. The lowest BCUT2D eigenvalue weighted by Gasteiger charge is -2.55. The number of nitrogens with zero attached hydrogens (tertiary/aromatic N) is 9. The summed E-state index contributed by atoms with van der Waals surface area (Å²) in [6, 6.07) is 30.2. The monoisotopic (exact) mass is 1130 g/mol. The van der Waals surface area contributed by atoms with Crippen molar-refractivity contribution in [3.05, 3.63) is 108 Å². The van der Waals surface area contributed by atoms with Gasteiger partial charge in [0.15, 0.2) is 11.5 Å². The summed E-state index contributed by atoms with van der Waals surface area (Å²) in [7, 11) is 2.58. The molecular weight excluding hydrogens is 1050 g/mol. The molecule has 0 atom stereocenters. The van der Waals surface area contributed by atoms with E-state index in [1.807, 2.05) is 54.6 Å². The molecule has 17 nitrogen and oxygen atoms in total. The molecule has 0 bridgehead atoms. The Kier molecular flexibility index (Phi) is 15.1. The number of aromatic nitrogens is 5. The number of nitrogens with one attached hydrogen (secondary N) is 4. The third-order valence-electron chi connectivity index (χ3n) is 17.2. The quantitative estimate of drug-likeness (QED) is 0.0673. The molecule has 4 fully saturated rings. The van der Waals surface area contributed by atoms with E-state index in [2.05, 4.69) is 112 Å². The van der Waals surface area contributed by atoms with E-state index in [0.717, 1.165) is 108 Å². The maximum atomic E-state index is 13.6. The van der Waals surface area contributed by atoms with E-state index in [1.54, 1.807) is 47.1 Å². The van der Waals surface area contributed by atoms with Gasteiger partial charge in [0.25, 0.3) is 0 Å². The Morgan fingerprint density at radius 2 is 1.10 bits per heavy atom. The summed E-state index contributed by atoms with van der Waals surface area (Å²) in [6.45, 7) is 13.4. The summed E-state index contributed by atoms with van der Waals surface area (Å²) >= 11 is 6.56. The van der Waals surface area contributed by atoms with E-state index in [4.69, 9.17) is 31.0 Å². The van der Waals surface area contributed by atoms with Crippen LogP contribution in [0.2, 0.25) is 5.02 Å². The number of anilines is 10. The zero-order chi connectivity index (χ0) is 55.3. The van der Waals surface area contributed by atoms with Crippen LogP contribution in [0.4, 0.5) is 57.7 Å². The highest BCUT2D eigenvalue weighted by atomic mass is 35.5. The third-order valence-corrected chi connectivity index (χ3v) is 20.6.